The molecule has 1 unspecified atom stereocenters. The van der Waals surface area contributed by atoms with Crippen LogP contribution in [0.1, 0.15) is 67.7 Å². The van der Waals surface area contributed by atoms with Crippen molar-refractivity contribution in [2.24, 2.45) is 0 Å². The maximum Gasteiger partial charge on any atom is 0.222 e. The molecule has 0 amide bonds. The second-order valence-electron chi connectivity index (χ2n) is 8.13. The molecule has 1 aromatic heterocycles. The van der Waals surface area contributed by atoms with Crippen molar-refractivity contribution in [2.75, 3.05) is 36.8 Å². The third-order valence-electron chi connectivity index (χ3n) is 6.10. The average Bonchev–Trinajstić information content (AvgIpc) is 2.79. The fourth-order valence-electron chi connectivity index (χ4n) is 4.66. The molecule has 1 aliphatic heterocycles. The average molecular weight is 380 g/mol. The van der Waals surface area contributed by atoms with E-state index in [4.69, 9.17) is 15.7 Å². The summed E-state index contributed by atoms with van der Waals surface area (Å²) in [6.45, 7) is 4.39. The van der Waals surface area contributed by atoms with Gasteiger partial charge in [0.2, 0.25) is 5.95 Å². The van der Waals surface area contributed by atoms with Crippen molar-refractivity contribution in [3.63, 3.8) is 0 Å². The van der Waals surface area contributed by atoms with Gasteiger partial charge in [0.1, 0.15) is 5.82 Å². The zero-order valence-electron chi connectivity index (χ0n) is 16.9. The van der Waals surface area contributed by atoms with E-state index in [2.05, 4.69) is 40.5 Å². The van der Waals surface area contributed by atoms with Gasteiger partial charge < -0.3 is 16.0 Å². The van der Waals surface area contributed by atoms with Gasteiger partial charge in [-0.3, -0.25) is 0 Å². The van der Waals surface area contributed by atoms with Gasteiger partial charge in [0.15, 0.2) is 0 Å². The van der Waals surface area contributed by atoms with Crippen LogP contribution in [0, 0.1) is 0 Å². The molecule has 28 heavy (non-hydrogen) atoms. The van der Waals surface area contributed by atoms with Crippen LogP contribution in [0.15, 0.2) is 30.3 Å². The van der Waals surface area contributed by atoms with Gasteiger partial charge in [0.05, 0.1) is 5.69 Å². The third-order valence-corrected chi connectivity index (χ3v) is 6.10. The Morgan fingerprint density at radius 2 is 1.64 bits per heavy atom. The largest absolute Gasteiger partial charge is 0.368 e. The minimum Gasteiger partial charge on any atom is -0.368 e. The normalized spacial score (nSPS) is 21.6. The number of fused-ring (bicyclic) bond motifs is 1. The number of hydrogen-bond donors (Lipinski definition) is 2. The van der Waals surface area contributed by atoms with Gasteiger partial charge in [0, 0.05) is 24.6 Å². The minimum absolute atomic E-state index is 0.335. The molecule has 0 bridgehead atoms. The predicted octanol–water partition coefficient (Wildman–Crippen LogP) is 3.89. The Hall–Kier alpha value is -2.14. The smallest absolute Gasteiger partial charge is 0.222 e. The maximum atomic E-state index is 6.22. The summed E-state index contributed by atoms with van der Waals surface area (Å²) in [5, 5.41) is 3.56. The number of nitrogens with two attached hydrogens (primary N) is 1. The maximum absolute atomic E-state index is 6.22. The number of hydrogen-bond acceptors (Lipinski definition) is 5. The van der Waals surface area contributed by atoms with E-state index in [9.17, 15) is 0 Å². The Morgan fingerprint density at radius 1 is 0.893 bits per heavy atom. The monoisotopic (exact) mass is 379 g/mol. The van der Waals surface area contributed by atoms with Gasteiger partial charge >= 0.3 is 0 Å². The highest BCUT2D eigenvalue weighted by Crippen LogP contribution is 2.39. The van der Waals surface area contributed by atoms with E-state index >= 15 is 0 Å². The summed E-state index contributed by atoms with van der Waals surface area (Å²) < 4.78 is 0. The lowest BCUT2D eigenvalue weighted by atomic mass is 9.82. The van der Waals surface area contributed by atoms with E-state index in [0.717, 1.165) is 50.5 Å². The molecule has 4 rings (SSSR count). The third kappa shape index (κ3) is 4.46. The number of anilines is 2. The summed E-state index contributed by atoms with van der Waals surface area (Å²) >= 11 is 0. The van der Waals surface area contributed by atoms with Gasteiger partial charge in [-0.05, 0) is 63.6 Å². The summed E-state index contributed by atoms with van der Waals surface area (Å²) in [4.78, 5) is 12.0. The highest BCUT2D eigenvalue weighted by molar-refractivity contribution is 5.55. The SMILES string of the molecule is Nc1nc2c(c(N3CCCCCNCCCC3)n1)CCCC2c1ccccc1. The first kappa shape index (κ1) is 19.2. The summed E-state index contributed by atoms with van der Waals surface area (Å²) in [6.07, 6.45) is 9.52. The summed E-state index contributed by atoms with van der Waals surface area (Å²) in [7, 11) is 0. The zero-order valence-corrected chi connectivity index (χ0v) is 16.9. The first-order chi connectivity index (χ1) is 13.8. The van der Waals surface area contributed by atoms with Gasteiger partial charge in [0.25, 0.3) is 0 Å². The van der Waals surface area contributed by atoms with Gasteiger partial charge in [-0.25, -0.2) is 4.98 Å². The Balaban J connectivity index is 1.66. The Bertz CT molecular complexity index is 749. The molecule has 2 aromatic rings. The van der Waals surface area contributed by atoms with E-state index in [0.29, 0.717) is 11.9 Å². The van der Waals surface area contributed by atoms with Crippen LogP contribution in [0.5, 0.6) is 0 Å². The number of nitrogen functional groups attached to an aromatic ring is 1. The first-order valence-corrected chi connectivity index (χ1v) is 11.0. The van der Waals surface area contributed by atoms with Crippen molar-refractivity contribution in [1.29, 1.82) is 0 Å². The summed E-state index contributed by atoms with van der Waals surface area (Å²) in [6, 6.07) is 10.8. The van der Waals surface area contributed by atoms with Gasteiger partial charge in [-0.1, -0.05) is 36.8 Å². The quantitative estimate of drug-likeness (QED) is 0.829. The molecule has 5 heteroatoms. The number of benzene rings is 1. The van der Waals surface area contributed by atoms with Crippen LogP contribution >= 0.6 is 0 Å². The number of nitrogens with zero attached hydrogens (tertiary/aromatic N) is 3. The van der Waals surface area contributed by atoms with Crippen molar-refractivity contribution in [3.8, 4) is 0 Å². The lowest BCUT2D eigenvalue weighted by Gasteiger charge is -2.31. The number of nitrogens with one attached hydrogen (secondary N) is 1. The van der Waals surface area contributed by atoms with Crippen molar-refractivity contribution in [1.82, 2.24) is 15.3 Å². The van der Waals surface area contributed by atoms with E-state index in [1.165, 1.54) is 49.7 Å². The van der Waals surface area contributed by atoms with E-state index in [-0.39, 0.29) is 0 Å². The molecule has 1 saturated heterocycles. The van der Waals surface area contributed by atoms with Crippen LogP contribution in [0.3, 0.4) is 0 Å². The van der Waals surface area contributed by atoms with Gasteiger partial charge in [-0.2, -0.15) is 4.98 Å². The fraction of sp³-hybridized carbons (Fsp3) is 0.565. The van der Waals surface area contributed by atoms with E-state index in [1.54, 1.807) is 0 Å². The molecule has 1 aliphatic carbocycles. The Kier molecular flexibility index (Phi) is 6.42. The molecule has 2 aliphatic rings. The predicted molar refractivity (Wildman–Crippen MR) is 116 cm³/mol. The molecule has 0 spiro atoms. The van der Waals surface area contributed by atoms with E-state index < -0.39 is 0 Å². The van der Waals surface area contributed by atoms with Crippen LogP contribution in [0.2, 0.25) is 0 Å². The van der Waals surface area contributed by atoms with Crippen LogP contribution in [-0.4, -0.2) is 36.1 Å². The van der Waals surface area contributed by atoms with Crippen LogP contribution in [-0.2, 0) is 6.42 Å². The molecule has 0 radical (unpaired) electrons. The summed E-state index contributed by atoms with van der Waals surface area (Å²) in [5.41, 5.74) is 10.1. The summed E-state index contributed by atoms with van der Waals surface area (Å²) in [5.74, 6) is 1.87. The van der Waals surface area contributed by atoms with Crippen LogP contribution in [0.4, 0.5) is 11.8 Å². The highest BCUT2D eigenvalue weighted by atomic mass is 15.2. The van der Waals surface area contributed by atoms with E-state index in [1.807, 2.05) is 0 Å². The molecular formula is C23H33N5. The highest BCUT2D eigenvalue weighted by Gasteiger charge is 2.28. The van der Waals surface area contributed by atoms with Crippen molar-refractivity contribution in [2.45, 2.75) is 57.3 Å². The number of aromatic nitrogens is 2. The molecule has 1 fully saturated rings. The fourth-order valence-corrected chi connectivity index (χ4v) is 4.66. The van der Waals surface area contributed by atoms with Crippen molar-refractivity contribution >= 4 is 11.8 Å². The van der Waals surface area contributed by atoms with Crippen molar-refractivity contribution < 1.29 is 0 Å². The molecule has 150 valence electrons. The van der Waals surface area contributed by atoms with Crippen LogP contribution < -0.4 is 16.0 Å². The Morgan fingerprint density at radius 3 is 2.46 bits per heavy atom. The molecule has 0 saturated carbocycles. The lowest BCUT2D eigenvalue weighted by Crippen LogP contribution is -2.30. The molecule has 5 nitrogen and oxygen atoms in total. The van der Waals surface area contributed by atoms with Gasteiger partial charge in [-0.15, -0.1) is 0 Å². The number of rotatable bonds is 2. The standard InChI is InChI=1S/C23H33N5/c24-23-26-21-19(18-10-3-1-4-11-18)12-9-13-20(21)22(27-23)28-16-7-2-5-14-25-15-6-8-17-28/h1,3-4,10-11,19,25H,2,5-9,12-17H2,(H2,24,26,27). The molecule has 1 atom stereocenters. The second-order valence-corrected chi connectivity index (χ2v) is 8.13. The molecule has 1 aromatic carbocycles. The lowest BCUT2D eigenvalue weighted by molar-refractivity contribution is 0.587. The van der Waals surface area contributed by atoms with Crippen LogP contribution in [0.25, 0.3) is 0 Å². The minimum atomic E-state index is 0.335. The first-order valence-electron chi connectivity index (χ1n) is 11.0. The topological polar surface area (TPSA) is 67.1 Å². The Labute approximate surface area is 168 Å². The van der Waals surface area contributed by atoms with Crippen molar-refractivity contribution in [3.05, 3.63) is 47.2 Å². The second kappa shape index (κ2) is 9.37. The molecule has 3 N–H and O–H groups in total. The molecular weight excluding hydrogens is 346 g/mol. The molecule has 2 heterocycles. The zero-order chi connectivity index (χ0) is 19.2.